The van der Waals surface area contributed by atoms with E-state index in [9.17, 15) is 4.79 Å². The number of likely N-dealkylation sites (tertiary alicyclic amines) is 1. The Labute approximate surface area is 135 Å². The molecule has 0 aromatic carbocycles. The van der Waals surface area contributed by atoms with Crippen LogP contribution in [-0.4, -0.2) is 66.0 Å². The summed E-state index contributed by atoms with van der Waals surface area (Å²) in [7, 11) is 0. The van der Waals surface area contributed by atoms with Gasteiger partial charge in [0.05, 0.1) is 13.2 Å². The van der Waals surface area contributed by atoms with Crippen LogP contribution in [0.15, 0.2) is 12.4 Å². The van der Waals surface area contributed by atoms with E-state index in [1.54, 1.807) is 0 Å². The van der Waals surface area contributed by atoms with Crippen molar-refractivity contribution in [1.82, 2.24) is 14.9 Å². The number of nitrogens with zero attached hydrogens (tertiary/aromatic N) is 4. The summed E-state index contributed by atoms with van der Waals surface area (Å²) in [5.41, 5.74) is 0.491. The van der Waals surface area contributed by atoms with Crippen molar-refractivity contribution in [3.63, 3.8) is 0 Å². The van der Waals surface area contributed by atoms with Gasteiger partial charge in [0, 0.05) is 45.1 Å². The summed E-state index contributed by atoms with van der Waals surface area (Å²) in [6, 6.07) is 1.81. The number of rotatable bonds is 2. The summed E-state index contributed by atoms with van der Waals surface area (Å²) < 4.78 is 11.5. The number of carbonyl (C=O) groups is 1. The van der Waals surface area contributed by atoms with Crippen LogP contribution in [0, 0.1) is 0 Å². The molecule has 0 N–H and O–H groups in total. The van der Waals surface area contributed by atoms with Crippen molar-refractivity contribution in [1.29, 1.82) is 0 Å². The lowest BCUT2D eigenvalue weighted by molar-refractivity contribution is -0.169. The highest BCUT2D eigenvalue weighted by molar-refractivity contribution is 5.93. The smallest absolute Gasteiger partial charge is 0.272 e. The highest BCUT2D eigenvalue weighted by Crippen LogP contribution is 2.32. The number of ether oxygens (including phenoxy) is 2. The fraction of sp³-hybridized carbons (Fsp3) is 0.688. The molecule has 3 fully saturated rings. The van der Waals surface area contributed by atoms with Crippen LogP contribution in [0.25, 0.3) is 0 Å². The molecule has 3 aliphatic rings. The minimum atomic E-state index is -0.391. The van der Waals surface area contributed by atoms with Gasteiger partial charge >= 0.3 is 0 Å². The molecule has 7 heteroatoms. The van der Waals surface area contributed by atoms with E-state index in [2.05, 4.69) is 14.9 Å². The van der Waals surface area contributed by atoms with Gasteiger partial charge in [0.15, 0.2) is 5.79 Å². The molecule has 1 aromatic rings. The largest absolute Gasteiger partial charge is 0.356 e. The number of carbonyl (C=O) groups excluding carboxylic acids is 1. The average Bonchev–Trinajstić information content (AvgIpc) is 3.27. The highest BCUT2D eigenvalue weighted by Gasteiger charge is 2.40. The Balaban J connectivity index is 1.45. The van der Waals surface area contributed by atoms with E-state index in [4.69, 9.17) is 9.47 Å². The Morgan fingerprint density at radius 1 is 1.04 bits per heavy atom. The predicted molar refractivity (Wildman–Crippen MR) is 83.3 cm³/mol. The van der Waals surface area contributed by atoms with Gasteiger partial charge in [-0.2, -0.15) is 0 Å². The van der Waals surface area contributed by atoms with Crippen LogP contribution in [0.4, 0.5) is 5.82 Å². The SMILES string of the molecule is O=C(c1cc(N2CCC3(CC2)OCCO3)ncn1)N1CCCC1. The van der Waals surface area contributed by atoms with Crippen LogP contribution in [0.1, 0.15) is 36.2 Å². The summed E-state index contributed by atoms with van der Waals surface area (Å²) in [6.45, 7) is 4.66. The monoisotopic (exact) mass is 318 g/mol. The molecule has 0 unspecified atom stereocenters. The molecule has 1 spiro atoms. The molecule has 3 aliphatic heterocycles. The van der Waals surface area contributed by atoms with Gasteiger partial charge < -0.3 is 19.3 Å². The summed E-state index contributed by atoms with van der Waals surface area (Å²) >= 11 is 0. The summed E-state index contributed by atoms with van der Waals surface area (Å²) in [6.07, 6.45) is 5.31. The van der Waals surface area contributed by atoms with E-state index >= 15 is 0 Å². The normalized spacial score (nSPS) is 23.7. The molecule has 0 radical (unpaired) electrons. The average molecular weight is 318 g/mol. The molecule has 0 saturated carbocycles. The highest BCUT2D eigenvalue weighted by atomic mass is 16.7. The first-order valence-corrected chi connectivity index (χ1v) is 8.40. The molecule has 4 rings (SSSR count). The Morgan fingerprint density at radius 2 is 1.74 bits per heavy atom. The summed E-state index contributed by atoms with van der Waals surface area (Å²) in [5, 5.41) is 0. The van der Waals surface area contributed by atoms with E-state index in [0.717, 1.165) is 57.7 Å². The van der Waals surface area contributed by atoms with Crippen molar-refractivity contribution in [3.8, 4) is 0 Å². The molecule has 1 amide bonds. The number of anilines is 1. The fourth-order valence-corrected chi connectivity index (χ4v) is 3.58. The van der Waals surface area contributed by atoms with E-state index in [-0.39, 0.29) is 5.91 Å². The molecule has 0 atom stereocenters. The van der Waals surface area contributed by atoms with Crippen molar-refractivity contribution in [2.24, 2.45) is 0 Å². The molecule has 4 heterocycles. The maximum Gasteiger partial charge on any atom is 0.272 e. The zero-order valence-corrected chi connectivity index (χ0v) is 13.2. The predicted octanol–water partition coefficient (Wildman–Crippen LogP) is 1.06. The van der Waals surface area contributed by atoms with Crippen LogP contribution in [-0.2, 0) is 9.47 Å². The molecular weight excluding hydrogens is 296 g/mol. The first-order chi connectivity index (χ1) is 11.3. The maximum atomic E-state index is 12.5. The van der Waals surface area contributed by atoms with Crippen molar-refractivity contribution < 1.29 is 14.3 Å². The molecule has 23 heavy (non-hydrogen) atoms. The maximum absolute atomic E-state index is 12.5. The van der Waals surface area contributed by atoms with Gasteiger partial charge in [-0.25, -0.2) is 9.97 Å². The molecule has 0 bridgehead atoms. The molecule has 124 valence electrons. The summed E-state index contributed by atoms with van der Waals surface area (Å²) in [4.78, 5) is 25.0. The lowest BCUT2D eigenvalue weighted by Crippen LogP contribution is -2.45. The van der Waals surface area contributed by atoms with Crippen molar-refractivity contribution in [2.45, 2.75) is 31.5 Å². The third kappa shape index (κ3) is 2.90. The molecular formula is C16H22N4O3. The quantitative estimate of drug-likeness (QED) is 0.812. The van der Waals surface area contributed by atoms with Gasteiger partial charge in [0.2, 0.25) is 0 Å². The van der Waals surface area contributed by atoms with Crippen molar-refractivity contribution >= 4 is 11.7 Å². The van der Waals surface area contributed by atoms with Crippen LogP contribution >= 0.6 is 0 Å². The molecule has 1 aromatic heterocycles. The molecule has 3 saturated heterocycles. The zero-order valence-electron chi connectivity index (χ0n) is 13.2. The van der Waals surface area contributed by atoms with Gasteiger partial charge in [0.1, 0.15) is 17.8 Å². The molecule has 0 aliphatic carbocycles. The van der Waals surface area contributed by atoms with Gasteiger partial charge in [-0.1, -0.05) is 0 Å². The minimum absolute atomic E-state index is 0.0158. The van der Waals surface area contributed by atoms with Crippen LogP contribution in [0.2, 0.25) is 0 Å². The number of hydrogen-bond donors (Lipinski definition) is 0. The van der Waals surface area contributed by atoms with E-state index in [1.165, 1.54) is 6.33 Å². The first kappa shape index (κ1) is 14.8. The van der Waals surface area contributed by atoms with E-state index < -0.39 is 5.79 Å². The second kappa shape index (κ2) is 6.05. The second-order valence-corrected chi connectivity index (χ2v) is 6.36. The van der Waals surface area contributed by atoms with Crippen LogP contribution in [0.5, 0.6) is 0 Å². The number of aromatic nitrogens is 2. The number of piperidine rings is 1. The summed E-state index contributed by atoms with van der Waals surface area (Å²) in [5.74, 6) is 0.440. The van der Waals surface area contributed by atoms with Gasteiger partial charge in [-0.3, -0.25) is 4.79 Å². The topological polar surface area (TPSA) is 67.8 Å². The number of hydrogen-bond acceptors (Lipinski definition) is 6. The fourth-order valence-electron chi connectivity index (χ4n) is 3.58. The van der Waals surface area contributed by atoms with Gasteiger partial charge in [0.25, 0.3) is 5.91 Å². The zero-order chi connectivity index (χ0) is 15.7. The van der Waals surface area contributed by atoms with Crippen molar-refractivity contribution in [2.75, 3.05) is 44.3 Å². The Kier molecular flexibility index (Phi) is 3.90. The van der Waals surface area contributed by atoms with E-state index in [0.29, 0.717) is 18.9 Å². The van der Waals surface area contributed by atoms with Crippen molar-refractivity contribution in [3.05, 3.63) is 18.1 Å². The Morgan fingerprint density at radius 3 is 2.43 bits per heavy atom. The Hall–Kier alpha value is -1.73. The minimum Gasteiger partial charge on any atom is -0.356 e. The van der Waals surface area contributed by atoms with Crippen LogP contribution < -0.4 is 4.90 Å². The third-order valence-corrected chi connectivity index (χ3v) is 4.93. The standard InChI is InChI=1S/C16H22N4O3/c21-15(20-5-1-2-6-20)13-11-14(18-12-17-13)19-7-3-16(4-8-19)22-9-10-23-16/h11-12H,1-10H2. The lowest BCUT2D eigenvalue weighted by Gasteiger charge is -2.38. The van der Waals surface area contributed by atoms with Crippen LogP contribution in [0.3, 0.4) is 0 Å². The number of amides is 1. The Bertz CT molecular complexity index is 572. The second-order valence-electron chi connectivity index (χ2n) is 6.36. The third-order valence-electron chi connectivity index (χ3n) is 4.93. The molecule has 7 nitrogen and oxygen atoms in total. The lowest BCUT2D eigenvalue weighted by atomic mass is 10.0. The van der Waals surface area contributed by atoms with Gasteiger partial charge in [-0.15, -0.1) is 0 Å². The van der Waals surface area contributed by atoms with Gasteiger partial charge in [-0.05, 0) is 12.8 Å². The van der Waals surface area contributed by atoms with E-state index in [1.807, 2.05) is 11.0 Å². The first-order valence-electron chi connectivity index (χ1n) is 8.40.